The van der Waals surface area contributed by atoms with E-state index in [9.17, 15) is 9.59 Å². The summed E-state index contributed by atoms with van der Waals surface area (Å²) in [5, 5.41) is 2.91. The van der Waals surface area contributed by atoms with Crippen molar-refractivity contribution >= 4 is 23.2 Å². The van der Waals surface area contributed by atoms with E-state index in [4.69, 9.17) is 5.73 Å². The highest BCUT2D eigenvalue weighted by atomic mass is 16.2. The van der Waals surface area contributed by atoms with Gasteiger partial charge in [0.1, 0.15) is 0 Å². The highest BCUT2D eigenvalue weighted by Gasteiger charge is 2.22. The van der Waals surface area contributed by atoms with Crippen LogP contribution in [0.3, 0.4) is 0 Å². The number of hydrogen-bond donors (Lipinski definition) is 2. The molecule has 1 aliphatic rings. The Labute approximate surface area is 125 Å². The maximum Gasteiger partial charge on any atom is 0.227 e. The van der Waals surface area contributed by atoms with Crippen LogP contribution in [0.1, 0.15) is 32.6 Å². The summed E-state index contributed by atoms with van der Waals surface area (Å²) in [4.78, 5) is 25.6. The molecule has 1 aliphatic heterocycles. The van der Waals surface area contributed by atoms with Crippen LogP contribution in [0.15, 0.2) is 24.3 Å². The minimum Gasteiger partial charge on any atom is -0.330 e. The summed E-state index contributed by atoms with van der Waals surface area (Å²) in [5.41, 5.74) is 7.05. The number of nitrogens with zero attached hydrogens (tertiary/aromatic N) is 1. The van der Waals surface area contributed by atoms with Gasteiger partial charge in [-0.3, -0.25) is 9.59 Å². The molecule has 1 unspecified atom stereocenters. The van der Waals surface area contributed by atoms with E-state index >= 15 is 0 Å². The largest absolute Gasteiger partial charge is 0.330 e. The SMILES string of the molecule is CC(CCCN)C(=O)Nc1cccc(N2CCCC2=O)c1. The van der Waals surface area contributed by atoms with Gasteiger partial charge in [-0.15, -0.1) is 0 Å². The van der Waals surface area contributed by atoms with Crippen LogP contribution in [-0.2, 0) is 9.59 Å². The Morgan fingerprint density at radius 2 is 2.29 bits per heavy atom. The van der Waals surface area contributed by atoms with Gasteiger partial charge in [-0.25, -0.2) is 0 Å². The van der Waals surface area contributed by atoms with Crippen LogP contribution in [0.2, 0.25) is 0 Å². The van der Waals surface area contributed by atoms with Gasteiger partial charge >= 0.3 is 0 Å². The molecule has 2 amide bonds. The van der Waals surface area contributed by atoms with Crippen molar-refractivity contribution in [2.45, 2.75) is 32.6 Å². The van der Waals surface area contributed by atoms with Crippen LogP contribution in [0.25, 0.3) is 0 Å². The number of amides is 2. The van der Waals surface area contributed by atoms with E-state index < -0.39 is 0 Å². The summed E-state index contributed by atoms with van der Waals surface area (Å²) < 4.78 is 0. The average molecular weight is 289 g/mol. The first kappa shape index (κ1) is 15.5. The number of nitrogens with one attached hydrogen (secondary N) is 1. The third-order valence-corrected chi connectivity index (χ3v) is 3.79. The van der Waals surface area contributed by atoms with Crippen LogP contribution in [0, 0.1) is 5.92 Å². The van der Waals surface area contributed by atoms with Crippen molar-refractivity contribution in [3.8, 4) is 0 Å². The molecule has 1 saturated heterocycles. The van der Waals surface area contributed by atoms with Crippen LogP contribution >= 0.6 is 0 Å². The molecular formula is C16H23N3O2. The Bertz CT molecular complexity index is 516. The van der Waals surface area contributed by atoms with Gasteiger partial charge in [0.25, 0.3) is 0 Å². The maximum absolute atomic E-state index is 12.1. The number of anilines is 2. The number of nitrogens with two attached hydrogens (primary N) is 1. The van der Waals surface area contributed by atoms with Gasteiger partial charge in [0.15, 0.2) is 0 Å². The zero-order valence-corrected chi connectivity index (χ0v) is 12.5. The van der Waals surface area contributed by atoms with Gasteiger partial charge in [0.2, 0.25) is 11.8 Å². The molecule has 0 aromatic heterocycles. The molecule has 3 N–H and O–H groups in total. The minimum absolute atomic E-state index is 0.00616. The number of hydrogen-bond acceptors (Lipinski definition) is 3. The summed E-state index contributed by atoms with van der Waals surface area (Å²) in [6.45, 7) is 3.26. The van der Waals surface area contributed by atoms with Crippen molar-refractivity contribution < 1.29 is 9.59 Å². The summed E-state index contributed by atoms with van der Waals surface area (Å²) in [5.74, 6) is 0.0776. The van der Waals surface area contributed by atoms with Crippen LogP contribution < -0.4 is 16.0 Å². The fourth-order valence-corrected chi connectivity index (χ4v) is 2.49. The van der Waals surface area contributed by atoms with E-state index in [0.717, 1.165) is 37.2 Å². The molecule has 0 bridgehead atoms. The average Bonchev–Trinajstić information content (AvgIpc) is 2.91. The van der Waals surface area contributed by atoms with Crippen molar-refractivity contribution in [3.63, 3.8) is 0 Å². The Kier molecular flexibility index (Phi) is 5.33. The van der Waals surface area contributed by atoms with E-state index in [1.54, 1.807) is 4.90 Å². The third kappa shape index (κ3) is 4.04. The molecule has 5 nitrogen and oxygen atoms in total. The molecular weight excluding hydrogens is 266 g/mol. The predicted octanol–water partition coefficient (Wildman–Crippen LogP) is 2.13. The molecule has 0 aliphatic carbocycles. The van der Waals surface area contributed by atoms with Crippen molar-refractivity contribution in [2.24, 2.45) is 11.7 Å². The van der Waals surface area contributed by atoms with Gasteiger partial charge in [-0.2, -0.15) is 0 Å². The second-order valence-corrected chi connectivity index (χ2v) is 5.52. The third-order valence-electron chi connectivity index (χ3n) is 3.79. The van der Waals surface area contributed by atoms with E-state index in [0.29, 0.717) is 13.0 Å². The summed E-state index contributed by atoms with van der Waals surface area (Å²) in [6.07, 6.45) is 3.13. The molecule has 1 fully saturated rings. The van der Waals surface area contributed by atoms with Gasteiger partial charge in [0, 0.05) is 30.3 Å². The summed E-state index contributed by atoms with van der Waals surface area (Å²) in [6, 6.07) is 7.46. The predicted molar refractivity (Wildman–Crippen MR) is 84.1 cm³/mol. The first-order chi connectivity index (χ1) is 10.1. The van der Waals surface area contributed by atoms with Crippen molar-refractivity contribution in [3.05, 3.63) is 24.3 Å². The molecule has 0 spiro atoms. The minimum atomic E-state index is -0.0642. The molecule has 2 rings (SSSR count). The molecule has 0 saturated carbocycles. The zero-order valence-electron chi connectivity index (χ0n) is 12.5. The number of carbonyl (C=O) groups is 2. The normalized spacial score (nSPS) is 16.1. The zero-order chi connectivity index (χ0) is 15.2. The molecule has 114 valence electrons. The molecule has 0 radical (unpaired) electrons. The molecule has 1 heterocycles. The smallest absolute Gasteiger partial charge is 0.227 e. The van der Waals surface area contributed by atoms with Gasteiger partial charge < -0.3 is 16.0 Å². The monoisotopic (exact) mass is 289 g/mol. The van der Waals surface area contributed by atoms with E-state index in [1.165, 1.54) is 0 Å². The van der Waals surface area contributed by atoms with E-state index in [2.05, 4.69) is 5.32 Å². The lowest BCUT2D eigenvalue weighted by Crippen LogP contribution is -2.24. The Balaban J connectivity index is 2.01. The maximum atomic E-state index is 12.1. The lowest BCUT2D eigenvalue weighted by atomic mass is 10.0. The standard InChI is InChI=1S/C16H23N3O2/c1-12(5-3-9-17)16(21)18-13-6-2-7-14(11-13)19-10-4-8-15(19)20/h2,6-7,11-12H,3-5,8-10,17H2,1H3,(H,18,21). The molecule has 1 aromatic rings. The lowest BCUT2D eigenvalue weighted by molar-refractivity contribution is -0.119. The fourth-order valence-electron chi connectivity index (χ4n) is 2.49. The lowest BCUT2D eigenvalue weighted by Gasteiger charge is -2.17. The molecule has 21 heavy (non-hydrogen) atoms. The van der Waals surface area contributed by atoms with Crippen molar-refractivity contribution in [1.82, 2.24) is 0 Å². The first-order valence-electron chi connectivity index (χ1n) is 7.53. The quantitative estimate of drug-likeness (QED) is 0.842. The number of benzene rings is 1. The van der Waals surface area contributed by atoms with E-state index in [1.807, 2.05) is 31.2 Å². The molecule has 5 heteroatoms. The highest BCUT2D eigenvalue weighted by molar-refractivity contribution is 5.97. The number of carbonyl (C=O) groups excluding carboxylic acids is 2. The van der Waals surface area contributed by atoms with Crippen LogP contribution in [-0.4, -0.2) is 24.9 Å². The Morgan fingerprint density at radius 1 is 1.48 bits per heavy atom. The first-order valence-corrected chi connectivity index (χ1v) is 7.53. The summed E-state index contributed by atoms with van der Waals surface area (Å²) in [7, 11) is 0. The van der Waals surface area contributed by atoms with Gasteiger partial charge in [-0.1, -0.05) is 13.0 Å². The van der Waals surface area contributed by atoms with Crippen LogP contribution in [0.4, 0.5) is 11.4 Å². The van der Waals surface area contributed by atoms with Crippen LogP contribution in [0.5, 0.6) is 0 Å². The highest BCUT2D eigenvalue weighted by Crippen LogP contribution is 2.24. The number of rotatable bonds is 6. The molecule has 1 atom stereocenters. The Morgan fingerprint density at radius 3 is 2.95 bits per heavy atom. The second-order valence-electron chi connectivity index (χ2n) is 5.52. The van der Waals surface area contributed by atoms with Gasteiger partial charge in [0.05, 0.1) is 0 Å². The van der Waals surface area contributed by atoms with Crippen molar-refractivity contribution in [1.29, 1.82) is 0 Å². The fraction of sp³-hybridized carbons (Fsp3) is 0.500. The Hall–Kier alpha value is -1.88. The van der Waals surface area contributed by atoms with E-state index in [-0.39, 0.29) is 17.7 Å². The second kappa shape index (κ2) is 7.22. The van der Waals surface area contributed by atoms with Crippen molar-refractivity contribution in [2.75, 3.05) is 23.3 Å². The summed E-state index contributed by atoms with van der Waals surface area (Å²) >= 11 is 0. The topological polar surface area (TPSA) is 75.4 Å². The van der Waals surface area contributed by atoms with Gasteiger partial charge in [-0.05, 0) is 44.0 Å². The molecule has 1 aromatic carbocycles.